The van der Waals surface area contributed by atoms with Gasteiger partial charge in [0.1, 0.15) is 5.75 Å². The van der Waals surface area contributed by atoms with E-state index in [0.717, 1.165) is 44.5 Å². The summed E-state index contributed by atoms with van der Waals surface area (Å²) in [5, 5.41) is 5.08. The molecule has 1 saturated heterocycles. The fraction of sp³-hybridized carbons (Fsp3) is 0.571. The number of nitrogens with zero attached hydrogens (tertiary/aromatic N) is 2. The minimum atomic E-state index is -0.662. The number of para-hydroxylation sites is 2. The molecule has 8 heteroatoms. The average molecular weight is 402 g/mol. The normalized spacial score (nSPS) is 19.6. The molecule has 2 aliphatic rings. The van der Waals surface area contributed by atoms with Gasteiger partial charge in [-0.2, -0.15) is 0 Å². The summed E-state index contributed by atoms with van der Waals surface area (Å²) in [4.78, 5) is 41.0. The third-order valence-corrected chi connectivity index (χ3v) is 5.38. The zero-order valence-corrected chi connectivity index (χ0v) is 17.1. The number of piperidine rings is 1. The molecule has 1 aromatic carbocycles. The molecule has 0 radical (unpaired) electrons. The fourth-order valence-electron chi connectivity index (χ4n) is 3.60. The molecule has 0 bridgehead atoms. The van der Waals surface area contributed by atoms with Crippen LogP contribution in [0.4, 0.5) is 10.5 Å². The van der Waals surface area contributed by atoms with Crippen molar-refractivity contribution in [2.75, 3.05) is 31.1 Å². The molecule has 8 nitrogen and oxygen atoms in total. The van der Waals surface area contributed by atoms with E-state index in [2.05, 4.69) is 10.6 Å². The number of ether oxygens (including phenoxy) is 1. The van der Waals surface area contributed by atoms with Gasteiger partial charge in [0.05, 0.1) is 18.8 Å². The van der Waals surface area contributed by atoms with Gasteiger partial charge in [-0.15, -0.1) is 0 Å². The van der Waals surface area contributed by atoms with Gasteiger partial charge >= 0.3 is 6.03 Å². The first-order valence-corrected chi connectivity index (χ1v) is 10.4. The smallest absolute Gasteiger partial charge is 0.321 e. The highest BCUT2D eigenvalue weighted by atomic mass is 16.5. The molecule has 0 saturated carbocycles. The zero-order valence-electron chi connectivity index (χ0n) is 17.1. The Balaban J connectivity index is 1.67. The number of benzene rings is 1. The largest absolute Gasteiger partial charge is 0.477 e. The Morgan fingerprint density at radius 3 is 2.62 bits per heavy atom. The van der Waals surface area contributed by atoms with Crippen LogP contribution in [0.1, 0.15) is 39.5 Å². The lowest BCUT2D eigenvalue weighted by Crippen LogP contribution is -2.54. The first kappa shape index (κ1) is 21.0. The maximum Gasteiger partial charge on any atom is 0.321 e. The zero-order chi connectivity index (χ0) is 20.8. The van der Waals surface area contributed by atoms with Gasteiger partial charge in [-0.3, -0.25) is 14.9 Å². The predicted molar refractivity (Wildman–Crippen MR) is 110 cm³/mol. The summed E-state index contributed by atoms with van der Waals surface area (Å²) in [6.07, 6.45) is 3.27. The molecule has 158 valence electrons. The lowest BCUT2D eigenvalue weighted by Gasteiger charge is -2.38. The predicted octanol–water partition coefficient (Wildman–Crippen LogP) is 1.89. The number of rotatable bonds is 5. The molecule has 2 aliphatic heterocycles. The van der Waals surface area contributed by atoms with Gasteiger partial charge in [0.25, 0.3) is 5.91 Å². The summed E-state index contributed by atoms with van der Waals surface area (Å²) in [6.45, 7) is 5.56. The monoisotopic (exact) mass is 402 g/mol. The molecule has 1 aromatic rings. The second kappa shape index (κ2) is 9.62. The topological polar surface area (TPSA) is 91.0 Å². The second-order valence-electron chi connectivity index (χ2n) is 7.67. The fourth-order valence-corrected chi connectivity index (χ4v) is 3.60. The van der Waals surface area contributed by atoms with Gasteiger partial charge in [0.2, 0.25) is 5.91 Å². The van der Waals surface area contributed by atoms with Crippen LogP contribution in [0, 0.1) is 0 Å². The number of carbonyl (C=O) groups is 3. The Kier molecular flexibility index (Phi) is 6.95. The third kappa shape index (κ3) is 5.40. The van der Waals surface area contributed by atoms with Crippen molar-refractivity contribution in [3.63, 3.8) is 0 Å². The van der Waals surface area contributed by atoms with Crippen LogP contribution in [0.3, 0.4) is 0 Å². The van der Waals surface area contributed by atoms with E-state index in [-0.39, 0.29) is 25.0 Å². The molecular weight excluding hydrogens is 372 g/mol. The molecule has 29 heavy (non-hydrogen) atoms. The number of urea groups is 1. The highest BCUT2D eigenvalue weighted by molar-refractivity contribution is 5.97. The molecular formula is C21H30N4O4. The number of amides is 4. The average Bonchev–Trinajstić information content (AvgIpc) is 2.73. The molecule has 0 unspecified atom stereocenters. The molecule has 4 amide bonds. The summed E-state index contributed by atoms with van der Waals surface area (Å²) in [5.74, 6) is 0.108. The van der Waals surface area contributed by atoms with E-state index in [4.69, 9.17) is 4.74 Å². The minimum Gasteiger partial charge on any atom is -0.477 e. The highest BCUT2D eigenvalue weighted by Gasteiger charge is 2.34. The SMILES string of the molecule is CC[C@H](C)NC(=O)NC(=O)CN1C[C@H](C(=O)N2CCCCC2)Oc2ccccc21. The number of imide groups is 1. The van der Waals surface area contributed by atoms with Crippen LogP contribution in [-0.4, -0.2) is 61.1 Å². The molecule has 0 aromatic heterocycles. The van der Waals surface area contributed by atoms with Crippen molar-refractivity contribution in [3.05, 3.63) is 24.3 Å². The van der Waals surface area contributed by atoms with Crippen molar-refractivity contribution in [2.24, 2.45) is 0 Å². The van der Waals surface area contributed by atoms with Crippen molar-refractivity contribution < 1.29 is 19.1 Å². The molecule has 3 rings (SSSR count). The van der Waals surface area contributed by atoms with Gasteiger partial charge < -0.3 is 19.9 Å². The van der Waals surface area contributed by atoms with Crippen LogP contribution < -0.4 is 20.3 Å². The van der Waals surface area contributed by atoms with Gasteiger partial charge in [-0.1, -0.05) is 19.1 Å². The maximum absolute atomic E-state index is 12.9. The molecule has 0 spiro atoms. The number of likely N-dealkylation sites (tertiary alicyclic amines) is 1. The van der Waals surface area contributed by atoms with Gasteiger partial charge in [-0.25, -0.2) is 4.79 Å². The summed E-state index contributed by atoms with van der Waals surface area (Å²) in [5.41, 5.74) is 0.743. The number of hydrogen-bond donors (Lipinski definition) is 2. The Hall–Kier alpha value is -2.77. The second-order valence-corrected chi connectivity index (χ2v) is 7.67. The number of anilines is 1. The third-order valence-electron chi connectivity index (χ3n) is 5.38. The molecule has 0 aliphatic carbocycles. The van der Waals surface area contributed by atoms with Crippen LogP contribution in [0.5, 0.6) is 5.75 Å². The van der Waals surface area contributed by atoms with Crippen molar-refractivity contribution in [1.82, 2.24) is 15.5 Å². The maximum atomic E-state index is 12.9. The van der Waals surface area contributed by atoms with E-state index in [0.29, 0.717) is 5.75 Å². The first-order chi connectivity index (χ1) is 14.0. The van der Waals surface area contributed by atoms with Gasteiger partial charge in [-0.05, 0) is 44.7 Å². The summed E-state index contributed by atoms with van der Waals surface area (Å²) < 4.78 is 5.96. The number of carbonyl (C=O) groups excluding carboxylic acids is 3. The summed E-state index contributed by atoms with van der Waals surface area (Å²) >= 11 is 0. The first-order valence-electron chi connectivity index (χ1n) is 10.4. The Bertz CT molecular complexity index is 748. The van der Waals surface area contributed by atoms with Crippen LogP contribution in [-0.2, 0) is 9.59 Å². The highest BCUT2D eigenvalue weighted by Crippen LogP contribution is 2.33. The molecule has 2 heterocycles. The Morgan fingerprint density at radius 1 is 1.17 bits per heavy atom. The molecule has 1 fully saturated rings. The van der Waals surface area contributed by atoms with E-state index in [9.17, 15) is 14.4 Å². The van der Waals surface area contributed by atoms with Crippen LogP contribution in [0.15, 0.2) is 24.3 Å². The Labute approximate surface area is 171 Å². The van der Waals surface area contributed by atoms with Crippen LogP contribution in [0.25, 0.3) is 0 Å². The van der Waals surface area contributed by atoms with Crippen molar-refractivity contribution >= 4 is 23.5 Å². The van der Waals surface area contributed by atoms with E-state index < -0.39 is 18.0 Å². The van der Waals surface area contributed by atoms with Gasteiger partial charge in [0.15, 0.2) is 6.10 Å². The lowest BCUT2D eigenvalue weighted by molar-refractivity contribution is -0.139. The number of fused-ring (bicyclic) bond motifs is 1. The number of hydrogen-bond acceptors (Lipinski definition) is 5. The van der Waals surface area contributed by atoms with Crippen LogP contribution >= 0.6 is 0 Å². The van der Waals surface area contributed by atoms with E-state index >= 15 is 0 Å². The van der Waals surface area contributed by atoms with Crippen molar-refractivity contribution in [1.29, 1.82) is 0 Å². The Morgan fingerprint density at radius 2 is 1.90 bits per heavy atom. The standard InChI is InChI=1S/C21H30N4O4/c1-3-15(2)22-21(28)23-19(26)14-25-13-18(20(27)24-11-7-4-8-12-24)29-17-10-6-5-9-16(17)25/h5-6,9-10,15,18H,3-4,7-8,11-14H2,1-2H3,(H2,22,23,26,28)/t15-,18+/m0/s1. The minimum absolute atomic E-state index is 0.0153. The quantitative estimate of drug-likeness (QED) is 0.785. The van der Waals surface area contributed by atoms with Gasteiger partial charge in [0, 0.05) is 19.1 Å². The summed E-state index contributed by atoms with van der Waals surface area (Å²) in [6, 6.07) is 6.82. The van der Waals surface area contributed by atoms with E-state index in [1.54, 1.807) is 11.0 Å². The number of nitrogens with one attached hydrogen (secondary N) is 2. The summed E-state index contributed by atoms with van der Waals surface area (Å²) in [7, 11) is 0. The lowest BCUT2D eigenvalue weighted by atomic mass is 10.1. The van der Waals surface area contributed by atoms with Crippen molar-refractivity contribution in [3.8, 4) is 5.75 Å². The van der Waals surface area contributed by atoms with Crippen LogP contribution in [0.2, 0.25) is 0 Å². The molecule has 2 N–H and O–H groups in total. The van der Waals surface area contributed by atoms with E-state index in [1.807, 2.05) is 36.9 Å². The van der Waals surface area contributed by atoms with Crippen molar-refractivity contribution in [2.45, 2.75) is 51.7 Å². The van der Waals surface area contributed by atoms with E-state index in [1.165, 1.54) is 0 Å². The molecule has 2 atom stereocenters.